The predicted octanol–water partition coefficient (Wildman–Crippen LogP) is 12.0. The summed E-state index contributed by atoms with van der Waals surface area (Å²) in [6.07, 6.45) is 0. The average Bonchev–Trinajstić information content (AvgIpc) is 3.62. The van der Waals surface area contributed by atoms with Gasteiger partial charge in [0.05, 0.1) is 0 Å². The topological polar surface area (TPSA) is 13.1 Å². The molecule has 0 spiro atoms. The second kappa shape index (κ2) is 8.44. The van der Waals surface area contributed by atoms with Crippen molar-refractivity contribution in [3.8, 4) is 44.5 Å². The number of benzene rings is 8. The molecular formula is C42H24O. The molecular weight excluding hydrogens is 520 g/mol. The SMILES string of the molecule is c1ccc2c(c1)-c1cccc3c(-c4cccc5c4oc4c(-c6cc7ccccc7c7ccccc67)cccc45)ccc-2c13. The molecule has 1 aliphatic rings. The largest absolute Gasteiger partial charge is 0.455 e. The molecule has 0 aliphatic heterocycles. The highest BCUT2D eigenvalue weighted by molar-refractivity contribution is 6.22. The molecule has 10 rings (SSSR count). The minimum atomic E-state index is 0.934. The van der Waals surface area contributed by atoms with Gasteiger partial charge in [0.1, 0.15) is 11.2 Å². The van der Waals surface area contributed by atoms with Gasteiger partial charge in [0.2, 0.25) is 0 Å². The van der Waals surface area contributed by atoms with Crippen LogP contribution in [0.5, 0.6) is 0 Å². The van der Waals surface area contributed by atoms with Gasteiger partial charge in [0.25, 0.3) is 0 Å². The van der Waals surface area contributed by atoms with Gasteiger partial charge in [-0.1, -0.05) is 140 Å². The van der Waals surface area contributed by atoms with E-state index in [1.807, 2.05) is 0 Å². The highest BCUT2D eigenvalue weighted by Gasteiger charge is 2.24. The summed E-state index contributed by atoms with van der Waals surface area (Å²) in [6.45, 7) is 0. The number of rotatable bonds is 2. The lowest BCUT2D eigenvalue weighted by atomic mass is 9.92. The lowest BCUT2D eigenvalue weighted by Gasteiger charge is -2.11. The van der Waals surface area contributed by atoms with E-state index in [1.54, 1.807) is 0 Å². The molecule has 1 aliphatic carbocycles. The van der Waals surface area contributed by atoms with Crippen LogP contribution in [0, 0.1) is 0 Å². The van der Waals surface area contributed by atoms with Crippen molar-refractivity contribution in [3.63, 3.8) is 0 Å². The molecule has 1 nitrogen and oxygen atoms in total. The molecule has 1 heteroatoms. The van der Waals surface area contributed by atoms with Gasteiger partial charge in [-0.3, -0.25) is 0 Å². The average molecular weight is 545 g/mol. The Hall–Kier alpha value is -5.66. The summed E-state index contributed by atoms with van der Waals surface area (Å²) in [5, 5.41) is 9.89. The molecule has 0 amide bonds. The fourth-order valence-corrected chi connectivity index (χ4v) is 7.56. The summed E-state index contributed by atoms with van der Waals surface area (Å²) in [5.74, 6) is 0. The zero-order chi connectivity index (χ0) is 28.1. The Morgan fingerprint density at radius 2 is 0.767 bits per heavy atom. The van der Waals surface area contributed by atoms with Crippen LogP contribution in [0.4, 0.5) is 0 Å². The monoisotopic (exact) mass is 544 g/mol. The summed E-state index contributed by atoms with van der Waals surface area (Å²) in [6, 6.07) is 52.9. The summed E-state index contributed by atoms with van der Waals surface area (Å²) >= 11 is 0. The van der Waals surface area contributed by atoms with Crippen LogP contribution in [0.2, 0.25) is 0 Å². The van der Waals surface area contributed by atoms with Gasteiger partial charge < -0.3 is 4.42 Å². The van der Waals surface area contributed by atoms with Crippen molar-refractivity contribution in [1.82, 2.24) is 0 Å². The Bertz CT molecular complexity index is 2590. The summed E-state index contributed by atoms with van der Waals surface area (Å²) in [5.41, 5.74) is 11.8. The molecule has 0 N–H and O–H groups in total. The quantitative estimate of drug-likeness (QED) is 0.197. The maximum absolute atomic E-state index is 6.97. The standard InChI is InChI=1S/C42H24O/c1-2-11-26-25(10-1)24-39(30-15-6-3-12-27(26)30)38-21-9-20-37-36-19-8-18-35(41(36)43-42(37)38)31-22-23-34-29-14-5-4-13-28(29)32-16-7-17-33(31)40(32)34/h1-24H. The minimum Gasteiger partial charge on any atom is -0.455 e. The second-order valence-electron chi connectivity index (χ2n) is 11.6. The molecule has 198 valence electrons. The summed E-state index contributed by atoms with van der Waals surface area (Å²) in [7, 11) is 0. The number of fused-ring (bicyclic) bond motifs is 9. The van der Waals surface area contributed by atoms with E-state index < -0.39 is 0 Å². The third kappa shape index (κ3) is 3.06. The Kier molecular flexibility index (Phi) is 4.51. The third-order valence-electron chi connectivity index (χ3n) is 9.42. The van der Waals surface area contributed by atoms with Crippen molar-refractivity contribution in [3.05, 3.63) is 146 Å². The number of para-hydroxylation sites is 2. The molecule has 1 aromatic heterocycles. The van der Waals surface area contributed by atoms with Gasteiger partial charge in [-0.05, 0) is 71.8 Å². The van der Waals surface area contributed by atoms with E-state index in [9.17, 15) is 0 Å². The zero-order valence-corrected chi connectivity index (χ0v) is 23.3. The van der Waals surface area contributed by atoms with Crippen molar-refractivity contribution >= 4 is 54.3 Å². The molecule has 8 aromatic carbocycles. The maximum atomic E-state index is 6.97. The van der Waals surface area contributed by atoms with E-state index in [-0.39, 0.29) is 0 Å². The Morgan fingerprint density at radius 3 is 1.51 bits per heavy atom. The number of hydrogen-bond donors (Lipinski definition) is 0. The lowest BCUT2D eigenvalue weighted by molar-refractivity contribution is 0.671. The molecule has 0 unspecified atom stereocenters. The second-order valence-corrected chi connectivity index (χ2v) is 11.6. The first-order valence-corrected chi connectivity index (χ1v) is 14.9. The van der Waals surface area contributed by atoms with E-state index in [2.05, 4.69) is 146 Å². The molecule has 1 heterocycles. The predicted molar refractivity (Wildman–Crippen MR) is 182 cm³/mol. The van der Waals surface area contributed by atoms with Crippen LogP contribution in [0.3, 0.4) is 0 Å². The molecule has 0 saturated heterocycles. The van der Waals surface area contributed by atoms with Crippen molar-refractivity contribution in [2.75, 3.05) is 0 Å². The minimum absolute atomic E-state index is 0.934. The highest BCUT2D eigenvalue weighted by Crippen LogP contribution is 2.50. The first kappa shape index (κ1) is 23.0. The molecule has 0 atom stereocenters. The zero-order valence-electron chi connectivity index (χ0n) is 23.3. The van der Waals surface area contributed by atoms with Crippen LogP contribution in [-0.2, 0) is 0 Å². The van der Waals surface area contributed by atoms with Crippen LogP contribution < -0.4 is 0 Å². The van der Waals surface area contributed by atoms with Crippen molar-refractivity contribution < 1.29 is 4.42 Å². The van der Waals surface area contributed by atoms with Crippen LogP contribution in [-0.4, -0.2) is 0 Å². The smallest absolute Gasteiger partial charge is 0.143 e. The molecule has 0 bridgehead atoms. The third-order valence-corrected chi connectivity index (χ3v) is 9.42. The number of furan rings is 1. The van der Waals surface area contributed by atoms with Crippen LogP contribution in [0.15, 0.2) is 150 Å². The molecule has 9 aromatic rings. The molecule has 0 radical (unpaired) electrons. The van der Waals surface area contributed by atoms with Gasteiger partial charge in [-0.2, -0.15) is 0 Å². The maximum Gasteiger partial charge on any atom is 0.143 e. The van der Waals surface area contributed by atoms with Crippen molar-refractivity contribution in [2.45, 2.75) is 0 Å². The summed E-state index contributed by atoms with van der Waals surface area (Å²) in [4.78, 5) is 0. The first-order chi connectivity index (χ1) is 21.3. The van der Waals surface area contributed by atoms with Crippen LogP contribution in [0.1, 0.15) is 0 Å². The summed E-state index contributed by atoms with van der Waals surface area (Å²) < 4.78 is 6.97. The molecule has 0 saturated carbocycles. The Labute approximate surface area is 248 Å². The fourth-order valence-electron chi connectivity index (χ4n) is 7.56. The van der Waals surface area contributed by atoms with E-state index >= 15 is 0 Å². The van der Waals surface area contributed by atoms with Gasteiger partial charge in [-0.25, -0.2) is 0 Å². The Morgan fingerprint density at radius 1 is 0.279 bits per heavy atom. The number of hydrogen-bond acceptors (Lipinski definition) is 1. The lowest BCUT2D eigenvalue weighted by Crippen LogP contribution is -1.85. The van der Waals surface area contributed by atoms with E-state index in [4.69, 9.17) is 4.42 Å². The van der Waals surface area contributed by atoms with Gasteiger partial charge in [0, 0.05) is 21.9 Å². The van der Waals surface area contributed by atoms with Crippen LogP contribution in [0.25, 0.3) is 98.8 Å². The van der Waals surface area contributed by atoms with Crippen LogP contribution >= 0.6 is 0 Å². The highest BCUT2D eigenvalue weighted by atomic mass is 16.3. The molecule has 0 fully saturated rings. The van der Waals surface area contributed by atoms with E-state index in [0.29, 0.717) is 0 Å². The fraction of sp³-hybridized carbons (Fsp3) is 0. The van der Waals surface area contributed by atoms with Gasteiger partial charge in [0.15, 0.2) is 0 Å². The first-order valence-electron chi connectivity index (χ1n) is 14.9. The van der Waals surface area contributed by atoms with Crippen molar-refractivity contribution in [2.24, 2.45) is 0 Å². The van der Waals surface area contributed by atoms with E-state index in [1.165, 1.54) is 65.7 Å². The van der Waals surface area contributed by atoms with Gasteiger partial charge in [-0.15, -0.1) is 0 Å². The normalized spacial score (nSPS) is 12.2. The Balaban J connectivity index is 1.26. The van der Waals surface area contributed by atoms with Crippen molar-refractivity contribution in [1.29, 1.82) is 0 Å². The van der Waals surface area contributed by atoms with Gasteiger partial charge >= 0.3 is 0 Å². The molecule has 43 heavy (non-hydrogen) atoms. The van der Waals surface area contributed by atoms with E-state index in [0.717, 1.165) is 33.1 Å².